The van der Waals surface area contributed by atoms with Gasteiger partial charge in [0.25, 0.3) is 0 Å². The average molecular weight is 433 g/mol. The van der Waals surface area contributed by atoms with Crippen molar-refractivity contribution in [2.45, 2.75) is 48.8 Å². The molecule has 6 rings (SSSR count). The molecule has 0 radical (unpaired) electrons. The van der Waals surface area contributed by atoms with E-state index in [2.05, 4.69) is 29.4 Å². The molecule has 31 heavy (non-hydrogen) atoms. The van der Waals surface area contributed by atoms with Crippen molar-refractivity contribution in [3.05, 3.63) is 59.2 Å². The highest BCUT2D eigenvalue weighted by Crippen LogP contribution is 2.62. The van der Waals surface area contributed by atoms with Gasteiger partial charge in [-0.05, 0) is 115 Å². The molecule has 160 valence electrons. The fraction of sp³-hybridized carbons (Fsp3) is 0.444. The zero-order valence-electron chi connectivity index (χ0n) is 18.1. The summed E-state index contributed by atoms with van der Waals surface area (Å²) in [6.45, 7) is 0. The first-order valence-electron chi connectivity index (χ1n) is 11.1. The largest absolute Gasteiger partial charge is 0.496 e. The Morgan fingerprint density at radius 3 is 2.19 bits per heavy atom. The topological polar surface area (TPSA) is 35.5 Å². The third-order valence-corrected chi connectivity index (χ3v) is 8.15. The fourth-order valence-corrected chi connectivity index (χ4v) is 7.15. The molecule has 0 aromatic heterocycles. The number of ether oxygens (including phenoxy) is 2. The molecule has 0 amide bonds. The van der Waals surface area contributed by atoms with Gasteiger partial charge < -0.3 is 9.47 Å². The first-order chi connectivity index (χ1) is 15.1. The molecule has 2 aromatic carbocycles. The predicted molar refractivity (Wildman–Crippen MR) is 123 cm³/mol. The zero-order valence-corrected chi connectivity index (χ0v) is 19.0. The number of benzene rings is 2. The van der Waals surface area contributed by atoms with Gasteiger partial charge in [0.2, 0.25) is 0 Å². The molecule has 0 unspecified atom stereocenters. The van der Waals surface area contributed by atoms with Gasteiger partial charge in [-0.1, -0.05) is 12.0 Å². The highest BCUT2D eigenvalue weighted by molar-refractivity contribution is 8.04. The molecule has 4 aliphatic rings. The minimum atomic E-state index is -0.333. The van der Waals surface area contributed by atoms with E-state index in [4.69, 9.17) is 9.47 Å². The second kappa shape index (κ2) is 8.28. The summed E-state index contributed by atoms with van der Waals surface area (Å²) in [5.41, 5.74) is 3.16. The molecule has 0 N–H and O–H groups in total. The van der Waals surface area contributed by atoms with E-state index in [1.165, 1.54) is 63.0 Å². The number of hydrogen-bond donors (Lipinski definition) is 0. The van der Waals surface area contributed by atoms with E-state index in [0.717, 1.165) is 34.0 Å². The standard InChI is InChI=1S/C27H28O3S/c1-29-25-14-23(31-10-9-18-3-5-22(6-4-18)26(28)30-2)7-8-24(25)27-15-19-11-20(16-27)13-21(12-19)17-27/h3-8,14,19-21H,11-13,15-17H2,1-2H3. The summed E-state index contributed by atoms with van der Waals surface area (Å²) in [7, 11) is 3.18. The quantitative estimate of drug-likeness (QED) is 0.335. The first kappa shape index (κ1) is 20.5. The maximum atomic E-state index is 11.5. The second-order valence-corrected chi connectivity index (χ2v) is 10.3. The summed E-state index contributed by atoms with van der Waals surface area (Å²) in [6, 6.07) is 13.8. The third kappa shape index (κ3) is 3.96. The molecule has 4 saturated carbocycles. The molecule has 4 aliphatic carbocycles. The molecule has 0 heterocycles. The summed E-state index contributed by atoms with van der Waals surface area (Å²) < 4.78 is 10.6. The smallest absolute Gasteiger partial charge is 0.337 e. The van der Waals surface area contributed by atoms with Crippen molar-refractivity contribution in [2.75, 3.05) is 14.2 Å². The van der Waals surface area contributed by atoms with E-state index in [0.29, 0.717) is 11.0 Å². The van der Waals surface area contributed by atoms with Crippen LogP contribution in [0.4, 0.5) is 0 Å². The summed E-state index contributed by atoms with van der Waals surface area (Å²) in [4.78, 5) is 12.6. The maximum Gasteiger partial charge on any atom is 0.337 e. The van der Waals surface area contributed by atoms with Crippen LogP contribution >= 0.6 is 11.8 Å². The Labute approximate surface area is 188 Å². The Balaban J connectivity index is 1.32. The van der Waals surface area contributed by atoms with Crippen LogP contribution in [0.2, 0.25) is 0 Å². The van der Waals surface area contributed by atoms with Gasteiger partial charge in [0.05, 0.1) is 19.8 Å². The van der Waals surface area contributed by atoms with E-state index < -0.39 is 0 Å². The summed E-state index contributed by atoms with van der Waals surface area (Å²) in [5, 5.41) is 3.18. The molecule has 4 heteroatoms. The van der Waals surface area contributed by atoms with Gasteiger partial charge in [0.15, 0.2) is 0 Å². The van der Waals surface area contributed by atoms with Crippen molar-refractivity contribution in [3.8, 4) is 16.9 Å². The first-order valence-corrected chi connectivity index (χ1v) is 11.9. The lowest BCUT2D eigenvalue weighted by molar-refractivity contribution is -0.00618. The summed E-state index contributed by atoms with van der Waals surface area (Å²) >= 11 is 1.51. The van der Waals surface area contributed by atoms with Gasteiger partial charge in [-0.2, -0.15) is 0 Å². The molecular weight excluding hydrogens is 404 g/mol. The van der Waals surface area contributed by atoms with Crippen LogP contribution in [0.1, 0.15) is 60.0 Å². The Morgan fingerprint density at radius 2 is 1.61 bits per heavy atom. The number of thioether (sulfide) groups is 1. The highest BCUT2D eigenvalue weighted by Gasteiger charge is 2.52. The fourth-order valence-electron chi connectivity index (χ4n) is 6.56. The Hall–Kier alpha value is -2.38. The van der Waals surface area contributed by atoms with Crippen molar-refractivity contribution < 1.29 is 14.3 Å². The van der Waals surface area contributed by atoms with Gasteiger partial charge in [-0.25, -0.2) is 4.79 Å². The van der Waals surface area contributed by atoms with E-state index in [1.807, 2.05) is 12.1 Å². The number of esters is 1. The van der Waals surface area contributed by atoms with Crippen LogP contribution in [0.15, 0.2) is 47.4 Å². The van der Waals surface area contributed by atoms with Crippen LogP contribution in [0.3, 0.4) is 0 Å². The van der Waals surface area contributed by atoms with E-state index in [1.54, 1.807) is 19.2 Å². The number of carbonyl (C=O) groups excluding carboxylic acids is 1. The van der Waals surface area contributed by atoms with Gasteiger partial charge in [-0.15, -0.1) is 0 Å². The number of carbonyl (C=O) groups is 1. The second-order valence-electron chi connectivity index (χ2n) is 9.46. The lowest BCUT2D eigenvalue weighted by atomic mass is 9.48. The predicted octanol–water partition coefficient (Wildman–Crippen LogP) is 6.05. The summed E-state index contributed by atoms with van der Waals surface area (Å²) in [6.07, 6.45) is 8.36. The molecule has 0 spiro atoms. The monoisotopic (exact) mass is 432 g/mol. The molecule has 4 fully saturated rings. The molecule has 0 aliphatic heterocycles. The normalized spacial score (nSPS) is 28.0. The van der Waals surface area contributed by atoms with Crippen LogP contribution in [0.5, 0.6) is 5.75 Å². The Kier molecular flexibility index (Phi) is 5.48. The van der Waals surface area contributed by atoms with Crippen molar-refractivity contribution in [1.82, 2.24) is 0 Å². The highest BCUT2D eigenvalue weighted by atomic mass is 32.2. The maximum absolute atomic E-state index is 11.5. The van der Waals surface area contributed by atoms with E-state index >= 15 is 0 Å². The van der Waals surface area contributed by atoms with Gasteiger partial charge in [-0.3, -0.25) is 0 Å². The lowest BCUT2D eigenvalue weighted by Crippen LogP contribution is -2.48. The SMILES string of the molecule is COC(=O)c1ccc(C#CSc2ccc(C34CC5CC(CC(C5)C3)C4)c(OC)c2)cc1. The Bertz CT molecular complexity index is 1010. The minimum absolute atomic E-state index is 0.330. The van der Waals surface area contributed by atoms with Crippen molar-refractivity contribution in [1.29, 1.82) is 0 Å². The van der Waals surface area contributed by atoms with Crippen molar-refractivity contribution >= 4 is 17.7 Å². The zero-order chi connectivity index (χ0) is 21.4. The van der Waals surface area contributed by atoms with Crippen LogP contribution in [0, 0.1) is 28.9 Å². The van der Waals surface area contributed by atoms with Crippen LogP contribution in [0.25, 0.3) is 0 Å². The van der Waals surface area contributed by atoms with Gasteiger partial charge in [0.1, 0.15) is 5.75 Å². The Morgan fingerprint density at radius 1 is 0.968 bits per heavy atom. The van der Waals surface area contributed by atoms with E-state index in [-0.39, 0.29) is 5.97 Å². The number of hydrogen-bond acceptors (Lipinski definition) is 4. The van der Waals surface area contributed by atoms with Gasteiger partial charge >= 0.3 is 5.97 Å². The molecular formula is C27H28O3S. The average Bonchev–Trinajstić information content (AvgIpc) is 2.78. The van der Waals surface area contributed by atoms with Crippen LogP contribution < -0.4 is 4.74 Å². The molecule has 0 saturated heterocycles. The minimum Gasteiger partial charge on any atom is -0.496 e. The van der Waals surface area contributed by atoms with Crippen molar-refractivity contribution in [3.63, 3.8) is 0 Å². The number of methoxy groups -OCH3 is 2. The number of rotatable bonds is 4. The van der Waals surface area contributed by atoms with Crippen molar-refractivity contribution in [2.24, 2.45) is 17.8 Å². The third-order valence-electron chi connectivity index (χ3n) is 7.45. The van der Waals surface area contributed by atoms with Crippen LogP contribution in [-0.2, 0) is 10.2 Å². The molecule has 0 atom stereocenters. The lowest BCUT2D eigenvalue weighted by Gasteiger charge is -2.57. The molecule has 2 aromatic rings. The summed E-state index contributed by atoms with van der Waals surface area (Å²) in [5.74, 6) is 6.60. The van der Waals surface area contributed by atoms with Crippen LogP contribution in [-0.4, -0.2) is 20.2 Å². The van der Waals surface area contributed by atoms with Gasteiger partial charge in [0, 0.05) is 16.0 Å². The molecule has 4 bridgehead atoms. The molecule has 3 nitrogen and oxygen atoms in total. The van der Waals surface area contributed by atoms with E-state index in [9.17, 15) is 4.79 Å².